The number of methoxy groups -OCH3 is 1. The molecule has 1 atom stereocenters. The van der Waals surface area contributed by atoms with Crippen molar-refractivity contribution in [2.75, 3.05) is 7.11 Å². The van der Waals surface area contributed by atoms with E-state index in [1.807, 2.05) is 41.0 Å². The first kappa shape index (κ1) is 22.7. The van der Waals surface area contributed by atoms with E-state index in [2.05, 4.69) is 68.3 Å². The van der Waals surface area contributed by atoms with Gasteiger partial charge >= 0.3 is 0 Å². The Bertz CT molecular complexity index is 1680. The molecule has 0 N–H and O–H groups in total. The summed E-state index contributed by atoms with van der Waals surface area (Å²) >= 11 is 8.59. The van der Waals surface area contributed by atoms with Crippen molar-refractivity contribution in [1.29, 1.82) is 0 Å². The van der Waals surface area contributed by atoms with Crippen molar-refractivity contribution in [2.45, 2.75) is 18.9 Å². The van der Waals surface area contributed by atoms with Crippen LogP contribution in [0.4, 0.5) is 0 Å². The van der Waals surface area contributed by atoms with Crippen LogP contribution in [-0.4, -0.2) is 11.7 Å². The number of nitrogens with zero attached hydrogens (tertiary/aromatic N) is 2. The monoisotopic (exact) mass is 606 g/mol. The van der Waals surface area contributed by atoms with Gasteiger partial charge in [-0.3, -0.25) is 9.36 Å². The second-order valence-corrected chi connectivity index (χ2v) is 11.3. The summed E-state index contributed by atoms with van der Waals surface area (Å²) in [6, 6.07) is 22.3. The van der Waals surface area contributed by atoms with Crippen molar-refractivity contribution in [3.8, 4) is 5.75 Å². The molecule has 1 aromatic heterocycles. The van der Waals surface area contributed by atoms with Gasteiger partial charge in [0.1, 0.15) is 5.75 Å². The number of allylic oxidation sites excluding steroid dienone is 1. The summed E-state index contributed by atoms with van der Waals surface area (Å²) in [6.45, 7) is 0. The van der Waals surface area contributed by atoms with Crippen molar-refractivity contribution in [3.63, 3.8) is 0 Å². The van der Waals surface area contributed by atoms with E-state index in [1.54, 1.807) is 7.11 Å². The molecule has 0 bridgehead atoms. The Morgan fingerprint density at radius 1 is 1.06 bits per heavy atom. The molecule has 0 radical (unpaired) electrons. The normalized spacial score (nSPS) is 16.9. The minimum absolute atomic E-state index is 0.0261. The predicted octanol–water partition coefficient (Wildman–Crippen LogP) is 5.85. The largest absolute Gasteiger partial charge is 0.497 e. The van der Waals surface area contributed by atoms with Gasteiger partial charge in [0.05, 0.1) is 23.4 Å². The molecule has 2 aliphatic rings. The Labute approximate surface area is 223 Å². The van der Waals surface area contributed by atoms with E-state index in [4.69, 9.17) is 9.73 Å². The molecule has 0 saturated carbocycles. The maximum atomic E-state index is 13.9. The highest BCUT2D eigenvalue weighted by Crippen LogP contribution is 2.41. The predicted molar refractivity (Wildman–Crippen MR) is 148 cm³/mol. The van der Waals surface area contributed by atoms with Gasteiger partial charge in [-0.2, -0.15) is 0 Å². The number of hydrogen-bond acceptors (Lipinski definition) is 4. The van der Waals surface area contributed by atoms with Crippen molar-refractivity contribution in [3.05, 3.63) is 123 Å². The lowest BCUT2D eigenvalue weighted by atomic mass is 9.83. The van der Waals surface area contributed by atoms with E-state index in [0.717, 1.165) is 49.2 Å². The lowest BCUT2D eigenvalue weighted by Crippen LogP contribution is -2.38. The van der Waals surface area contributed by atoms with Crippen molar-refractivity contribution < 1.29 is 4.74 Å². The standard InChI is InChI=1S/C28H20Br2N2O2S/c1-34-20-11-13-23(30)18(14-20)15-24-27(33)32-26(17-6-9-19(29)10-7-17)22-12-8-16-4-2-3-5-21(16)25(22)31-28(32)35-24/h2-7,9-11,13-15,26H,8,12H2,1H3/b24-15-/t26-/m0/s1. The maximum Gasteiger partial charge on any atom is 0.271 e. The fraction of sp³-hybridized carbons (Fsp3) is 0.143. The average Bonchev–Trinajstić information content (AvgIpc) is 3.19. The molecule has 1 aliphatic heterocycles. The number of aromatic nitrogens is 1. The number of ether oxygens (including phenoxy) is 1. The highest BCUT2D eigenvalue weighted by Gasteiger charge is 2.32. The number of rotatable bonds is 3. The number of fused-ring (bicyclic) bond motifs is 3. The molecule has 174 valence electrons. The highest BCUT2D eigenvalue weighted by molar-refractivity contribution is 9.10. The minimum Gasteiger partial charge on any atom is -0.497 e. The molecular weight excluding hydrogens is 588 g/mol. The van der Waals surface area contributed by atoms with Crippen LogP contribution in [0.25, 0.3) is 11.8 Å². The third kappa shape index (κ3) is 3.96. The topological polar surface area (TPSA) is 43.6 Å². The molecule has 35 heavy (non-hydrogen) atoms. The van der Waals surface area contributed by atoms with Crippen LogP contribution < -0.4 is 19.6 Å². The fourth-order valence-corrected chi connectivity index (χ4v) is 6.49. The average molecular weight is 608 g/mol. The molecule has 4 nitrogen and oxygen atoms in total. The summed E-state index contributed by atoms with van der Waals surface area (Å²) in [5, 5.41) is 0. The first-order chi connectivity index (χ1) is 17.0. The van der Waals surface area contributed by atoms with E-state index in [1.165, 1.54) is 28.0 Å². The molecular formula is C28H20Br2N2O2S. The smallest absolute Gasteiger partial charge is 0.271 e. The summed E-state index contributed by atoms with van der Waals surface area (Å²) in [6.07, 6.45) is 3.74. The molecule has 0 fully saturated rings. The van der Waals surface area contributed by atoms with E-state index in [9.17, 15) is 4.79 Å². The molecule has 2 heterocycles. The zero-order chi connectivity index (χ0) is 24.1. The van der Waals surface area contributed by atoms with Gasteiger partial charge in [-0.1, -0.05) is 79.6 Å². The second-order valence-electron chi connectivity index (χ2n) is 8.55. The van der Waals surface area contributed by atoms with Crippen LogP contribution in [0.2, 0.25) is 0 Å². The van der Waals surface area contributed by atoms with Crippen LogP contribution >= 0.6 is 43.2 Å². The van der Waals surface area contributed by atoms with E-state index in [-0.39, 0.29) is 11.6 Å². The summed E-state index contributed by atoms with van der Waals surface area (Å²) in [7, 11) is 1.64. The first-order valence-corrected chi connectivity index (χ1v) is 13.7. The van der Waals surface area contributed by atoms with Gasteiger partial charge in [0.15, 0.2) is 4.80 Å². The fourth-order valence-electron chi connectivity index (χ4n) is 4.87. The van der Waals surface area contributed by atoms with Gasteiger partial charge in [-0.25, -0.2) is 4.99 Å². The van der Waals surface area contributed by atoms with Crippen LogP contribution in [0, 0.1) is 0 Å². The lowest BCUT2D eigenvalue weighted by molar-refractivity contribution is 0.414. The molecule has 3 aromatic carbocycles. The van der Waals surface area contributed by atoms with E-state index in [0.29, 0.717) is 4.53 Å². The van der Waals surface area contributed by atoms with Crippen LogP contribution in [0.3, 0.4) is 0 Å². The third-order valence-corrected chi connectivity index (χ3v) is 8.78. The van der Waals surface area contributed by atoms with Gasteiger partial charge in [-0.05, 0) is 71.5 Å². The number of halogens is 2. The van der Waals surface area contributed by atoms with Crippen molar-refractivity contribution in [1.82, 2.24) is 4.57 Å². The molecule has 4 aromatic rings. The SMILES string of the molecule is COc1ccc(Br)c(/C=c2\sc3n(c2=O)[C@@H](c2ccc(Br)cc2)C2=C(N=3)c3ccccc3CC2)c1. The summed E-state index contributed by atoms with van der Waals surface area (Å²) < 4.78 is 9.83. The summed E-state index contributed by atoms with van der Waals surface area (Å²) in [5.74, 6) is 0.743. The lowest BCUT2D eigenvalue weighted by Gasteiger charge is -2.30. The Hall–Kier alpha value is -2.74. The van der Waals surface area contributed by atoms with Crippen molar-refractivity contribution in [2.24, 2.45) is 4.99 Å². The molecule has 0 amide bonds. The molecule has 7 heteroatoms. The number of hydrogen-bond donors (Lipinski definition) is 0. The quantitative estimate of drug-likeness (QED) is 0.293. The van der Waals surface area contributed by atoms with Crippen molar-refractivity contribution >= 4 is 55.0 Å². The van der Waals surface area contributed by atoms with Crippen LogP contribution in [-0.2, 0) is 6.42 Å². The molecule has 0 spiro atoms. The van der Waals surface area contributed by atoms with Crippen LogP contribution in [0.1, 0.15) is 34.7 Å². The molecule has 0 unspecified atom stereocenters. The zero-order valence-electron chi connectivity index (χ0n) is 18.8. The Morgan fingerprint density at radius 2 is 1.86 bits per heavy atom. The van der Waals surface area contributed by atoms with Gasteiger partial charge < -0.3 is 4.74 Å². The molecule has 6 rings (SSSR count). The van der Waals surface area contributed by atoms with Crippen LogP contribution in [0.5, 0.6) is 5.75 Å². The Kier molecular flexibility index (Phi) is 5.87. The molecule has 0 saturated heterocycles. The van der Waals surface area contributed by atoms with E-state index < -0.39 is 0 Å². The van der Waals surface area contributed by atoms with Gasteiger partial charge in [0.25, 0.3) is 5.56 Å². The second kappa shape index (κ2) is 9.04. The van der Waals surface area contributed by atoms with Gasteiger partial charge in [0.2, 0.25) is 0 Å². The number of aryl methyl sites for hydroxylation is 1. The van der Waals surface area contributed by atoms with Gasteiger partial charge in [-0.15, -0.1) is 0 Å². The summed E-state index contributed by atoms with van der Waals surface area (Å²) in [5.41, 5.74) is 6.65. The van der Waals surface area contributed by atoms with Gasteiger partial charge in [0, 0.05) is 14.5 Å². The minimum atomic E-state index is -0.182. The molecule has 1 aliphatic carbocycles. The van der Waals surface area contributed by atoms with E-state index >= 15 is 0 Å². The third-order valence-electron chi connectivity index (χ3n) is 6.55. The highest BCUT2D eigenvalue weighted by atomic mass is 79.9. The maximum absolute atomic E-state index is 13.9. The first-order valence-electron chi connectivity index (χ1n) is 11.3. The number of thiazole rings is 1. The zero-order valence-corrected chi connectivity index (χ0v) is 22.8. The Balaban J connectivity index is 1.62. The summed E-state index contributed by atoms with van der Waals surface area (Å²) in [4.78, 5) is 19.7. The Morgan fingerprint density at radius 3 is 2.66 bits per heavy atom. The number of benzene rings is 3. The van der Waals surface area contributed by atoms with Crippen LogP contribution in [0.15, 0.2) is 91.0 Å².